The Morgan fingerprint density at radius 1 is 1.43 bits per heavy atom. The summed E-state index contributed by atoms with van der Waals surface area (Å²) >= 11 is 0. The average molecular weight is 314 g/mol. The van der Waals surface area contributed by atoms with Gasteiger partial charge in [-0.15, -0.1) is 0 Å². The van der Waals surface area contributed by atoms with Crippen molar-refractivity contribution in [2.24, 2.45) is 0 Å². The molecule has 1 aliphatic rings. The third kappa shape index (κ3) is 3.52. The molecule has 6 heteroatoms. The van der Waals surface area contributed by atoms with Crippen LogP contribution in [0, 0.1) is 6.92 Å². The second-order valence-electron chi connectivity index (χ2n) is 5.93. The van der Waals surface area contributed by atoms with Crippen LogP contribution in [0.1, 0.15) is 48.9 Å². The topological polar surface area (TPSA) is 71.3 Å². The predicted molar refractivity (Wildman–Crippen MR) is 87.7 cm³/mol. The third-order valence-electron chi connectivity index (χ3n) is 4.24. The van der Waals surface area contributed by atoms with Gasteiger partial charge >= 0.3 is 0 Å². The molecule has 1 amide bonds. The lowest BCUT2D eigenvalue weighted by Gasteiger charge is -2.35. The highest BCUT2D eigenvalue weighted by Crippen LogP contribution is 2.23. The zero-order valence-corrected chi connectivity index (χ0v) is 13.6. The summed E-state index contributed by atoms with van der Waals surface area (Å²) in [5.74, 6) is 1.37. The molecule has 0 radical (unpaired) electrons. The summed E-state index contributed by atoms with van der Waals surface area (Å²) < 4.78 is 5.03. The second kappa shape index (κ2) is 6.81. The molecule has 1 aliphatic heterocycles. The minimum Gasteiger partial charge on any atom is -0.360 e. The van der Waals surface area contributed by atoms with Crippen LogP contribution in [0.5, 0.6) is 0 Å². The zero-order valence-electron chi connectivity index (χ0n) is 13.6. The number of aromatic nitrogens is 2. The van der Waals surface area contributed by atoms with Crippen molar-refractivity contribution >= 4 is 17.4 Å². The lowest BCUT2D eigenvalue weighted by Crippen LogP contribution is -2.43. The van der Waals surface area contributed by atoms with Crippen LogP contribution >= 0.6 is 0 Å². The van der Waals surface area contributed by atoms with E-state index in [4.69, 9.17) is 4.52 Å². The first-order valence-corrected chi connectivity index (χ1v) is 8.14. The van der Waals surface area contributed by atoms with Crippen molar-refractivity contribution in [2.75, 3.05) is 11.9 Å². The van der Waals surface area contributed by atoms with Crippen LogP contribution in [0.15, 0.2) is 28.9 Å². The molecule has 1 unspecified atom stereocenters. The van der Waals surface area contributed by atoms with Crippen molar-refractivity contribution in [3.05, 3.63) is 35.9 Å². The minimum atomic E-state index is 0.0107. The number of aryl methyl sites for hydroxylation is 1. The van der Waals surface area contributed by atoms with Gasteiger partial charge in [0.25, 0.3) is 5.91 Å². The number of rotatable bonds is 4. The number of anilines is 2. The number of amides is 1. The Balaban J connectivity index is 1.77. The Bertz CT molecular complexity index is 683. The number of pyridine rings is 1. The highest BCUT2D eigenvalue weighted by atomic mass is 16.5. The number of piperidine rings is 1. The van der Waals surface area contributed by atoms with Crippen molar-refractivity contribution in [2.45, 2.75) is 45.6 Å². The van der Waals surface area contributed by atoms with E-state index in [2.05, 4.69) is 22.4 Å². The number of nitrogens with one attached hydrogen (secondary N) is 1. The van der Waals surface area contributed by atoms with Gasteiger partial charge in [0.2, 0.25) is 0 Å². The fraction of sp³-hybridized carbons (Fsp3) is 0.471. The van der Waals surface area contributed by atoms with Gasteiger partial charge in [0.15, 0.2) is 5.82 Å². The van der Waals surface area contributed by atoms with Gasteiger partial charge in [0.05, 0.1) is 0 Å². The number of carbonyl (C=O) groups is 1. The Labute approximate surface area is 135 Å². The van der Waals surface area contributed by atoms with Gasteiger partial charge in [0.1, 0.15) is 11.5 Å². The molecule has 1 atom stereocenters. The molecular formula is C17H22N4O2. The molecule has 1 N–H and O–H groups in total. The quantitative estimate of drug-likeness (QED) is 0.934. The molecule has 3 heterocycles. The lowest BCUT2D eigenvalue weighted by molar-refractivity contribution is 0.0602. The van der Waals surface area contributed by atoms with Crippen LogP contribution in [0.25, 0.3) is 0 Å². The van der Waals surface area contributed by atoms with Gasteiger partial charge in [-0.2, -0.15) is 0 Å². The number of likely N-dealkylation sites (tertiary alicyclic amines) is 1. The van der Waals surface area contributed by atoms with Crippen molar-refractivity contribution in [3.8, 4) is 0 Å². The molecule has 0 aromatic carbocycles. The standard InChI is InChI=1S/C17H22N4O2/c1-3-14-6-4-5-9-21(14)17(22)15-11-13(7-8-18-15)19-16-10-12(2)23-20-16/h7-8,10-11,14H,3-6,9H2,1-2H3,(H,18,19,20). The first-order chi connectivity index (χ1) is 11.2. The molecule has 2 aromatic heterocycles. The van der Waals surface area contributed by atoms with Crippen LogP contribution in [-0.2, 0) is 0 Å². The summed E-state index contributed by atoms with van der Waals surface area (Å²) in [6.45, 7) is 4.79. The van der Waals surface area contributed by atoms with Gasteiger partial charge in [-0.25, -0.2) is 0 Å². The molecule has 23 heavy (non-hydrogen) atoms. The number of hydrogen-bond donors (Lipinski definition) is 1. The monoisotopic (exact) mass is 314 g/mol. The molecule has 1 fully saturated rings. The van der Waals surface area contributed by atoms with Gasteiger partial charge in [-0.1, -0.05) is 12.1 Å². The van der Waals surface area contributed by atoms with Gasteiger partial charge in [0, 0.05) is 30.5 Å². The fourth-order valence-corrected chi connectivity index (χ4v) is 3.04. The van der Waals surface area contributed by atoms with E-state index in [1.54, 1.807) is 18.3 Å². The van der Waals surface area contributed by atoms with E-state index < -0.39 is 0 Å². The maximum absolute atomic E-state index is 12.8. The molecule has 122 valence electrons. The SMILES string of the molecule is CCC1CCCCN1C(=O)c1cc(Nc2cc(C)on2)ccn1. The lowest BCUT2D eigenvalue weighted by atomic mass is 9.99. The van der Waals surface area contributed by atoms with E-state index in [1.807, 2.05) is 17.9 Å². The van der Waals surface area contributed by atoms with Crippen LogP contribution in [-0.4, -0.2) is 33.5 Å². The highest BCUT2D eigenvalue weighted by Gasteiger charge is 2.27. The van der Waals surface area contributed by atoms with Crippen molar-refractivity contribution in [1.82, 2.24) is 15.0 Å². The number of carbonyl (C=O) groups excluding carboxylic acids is 1. The molecule has 3 rings (SSSR count). The Hall–Kier alpha value is -2.37. The number of hydrogen-bond acceptors (Lipinski definition) is 5. The molecule has 0 spiro atoms. The largest absolute Gasteiger partial charge is 0.360 e. The minimum absolute atomic E-state index is 0.0107. The second-order valence-corrected chi connectivity index (χ2v) is 5.93. The van der Waals surface area contributed by atoms with Crippen molar-refractivity contribution in [1.29, 1.82) is 0 Å². The average Bonchev–Trinajstić information content (AvgIpc) is 2.99. The summed E-state index contributed by atoms with van der Waals surface area (Å²) in [7, 11) is 0. The van der Waals surface area contributed by atoms with Crippen molar-refractivity contribution < 1.29 is 9.32 Å². The molecule has 1 saturated heterocycles. The fourth-order valence-electron chi connectivity index (χ4n) is 3.04. The molecule has 0 bridgehead atoms. The summed E-state index contributed by atoms with van der Waals surface area (Å²) in [5.41, 5.74) is 1.25. The molecule has 0 saturated carbocycles. The highest BCUT2D eigenvalue weighted by molar-refractivity contribution is 5.93. The smallest absolute Gasteiger partial charge is 0.272 e. The summed E-state index contributed by atoms with van der Waals surface area (Å²) in [6.07, 6.45) is 5.98. The Kier molecular flexibility index (Phi) is 4.60. The Morgan fingerprint density at radius 3 is 3.04 bits per heavy atom. The van der Waals surface area contributed by atoms with Crippen LogP contribution in [0.4, 0.5) is 11.5 Å². The first kappa shape index (κ1) is 15.5. The van der Waals surface area contributed by atoms with E-state index in [-0.39, 0.29) is 5.91 Å². The van der Waals surface area contributed by atoms with Crippen molar-refractivity contribution in [3.63, 3.8) is 0 Å². The van der Waals surface area contributed by atoms with Gasteiger partial charge in [-0.3, -0.25) is 9.78 Å². The van der Waals surface area contributed by atoms with Crippen LogP contribution in [0.2, 0.25) is 0 Å². The summed E-state index contributed by atoms with van der Waals surface area (Å²) in [4.78, 5) is 19.0. The van der Waals surface area contributed by atoms with Gasteiger partial charge < -0.3 is 14.7 Å². The van der Waals surface area contributed by atoms with E-state index in [1.165, 1.54) is 6.42 Å². The molecule has 0 aliphatic carbocycles. The Morgan fingerprint density at radius 2 is 2.30 bits per heavy atom. The first-order valence-electron chi connectivity index (χ1n) is 8.14. The molecular weight excluding hydrogens is 292 g/mol. The normalized spacial score (nSPS) is 18.0. The summed E-state index contributed by atoms with van der Waals surface area (Å²) in [6, 6.07) is 5.72. The van der Waals surface area contributed by atoms with Crippen LogP contribution < -0.4 is 5.32 Å². The van der Waals surface area contributed by atoms with E-state index >= 15 is 0 Å². The zero-order chi connectivity index (χ0) is 16.2. The number of nitrogens with zero attached hydrogens (tertiary/aromatic N) is 3. The van der Waals surface area contributed by atoms with E-state index in [9.17, 15) is 4.79 Å². The molecule has 2 aromatic rings. The maximum atomic E-state index is 12.8. The van der Waals surface area contributed by atoms with E-state index in [0.29, 0.717) is 17.6 Å². The predicted octanol–water partition coefficient (Wildman–Crippen LogP) is 3.53. The van der Waals surface area contributed by atoms with E-state index in [0.717, 1.165) is 37.3 Å². The van der Waals surface area contributed by atoms with Crippen LogP contribution in [0.3, 0.4) is 0 Å². The molecule has 6 nitrogen and oxygen atoms in total. The maximum Gasteiger partial charge on any atom is 0.272 e. The van der Waals surface area contributed by atoms with Gasteiger partial charge in [-0.05, 0) is 44.7 Å². The summed E-state index contributed by atoms with van der Waals surface area (Å²) in [5, 5.41) is 7.03. The third-order valence-corrected chi connectivity index (χ3v) is 4.24.